The number of nitro groups is 1. The van der Waals surface area contributed by atoms with E-state index in [0.29, 0.717) is 10.5 Å². The van der Waals surface area contributed by atoms with E-state index in [4.69, 9.17) is 0 Å². The molecule has 1 amide bonds. The first-order valence-corrected chi connectivity index (χ1v) is 6.36. The molecule has 9 heteroatoms. The van der Waals surface area contributed by atoms with Crippen molar-refractivity contribution in [2.45, 2.75) is 0 Å². The van der Waals surface area contributed by atoms with E-state index in [0.717, 1.165) is 6.07 Å². The minimum atomic E-state index is -1.48. The number of amides is 1. The molecule has 0 saturated heterocycles. The monoisotopic (exact) mass is 359 g/mol. The van der Waals surface area contributed by atoms with Crippen molar-refractivity contribution in [1.29, 1.82) is 0 Å². The lowest BCUT2D eigenvalue weighted by Crippen LogP contribution is -2.17. The number of hydrogen-bond donors (Lipinski definition) is 1. The van der Waals surface area contributed by atoms with Crippen molar-refractivity contribution in [3.8, 4) is 0 Å². The van der Waals surface area contributed by atoms with E-state index in [-0.39, 0.29) is 5.69 Å². The first-order chi connectivity index (χ1) is 9.81. The summed E-state index contributed by atoms with van der Waals surface area (Å²) in [6, 6.07) is 2.86. The van der Waals surface area contributed by atoms with Crippen LogP contribution < -0.4 is 5.32 Å². The Morgan fingerprint density at radius 2 is 2.10 bits per heavy atom. The number of aromatic nitrogens is 1. The van der Waals surface area contributed by atoms with E-state index >= 15 is 0 Å². The van der Waals surface area contributed by atoms with E-state index in [1.54, 1.807) is 13.2 Å². The number of nitrogens with one attached hydrogen (secondary N) is 1. The molecule has 110 valence electrons. The summed E-state index contributed by atoms with van der Waals surface area (Å²) in [6.07, 6.45) is 1.57. The minimum absolute atomic E-state index is 0.125. The predicted octanol–water partition coefficient (Wildman–Crippen LogP) is 3.23. The van der Waals surface area contributed by atoms with E-state index < -0.39 is 33.8 Å². The van der Waals surface area contributed by atoms with Crippen molar-refractivity contribution in [3.63, 3.8) is 0 Å². The van der Waals surface area contributed by atoms with Gasteiger partial charge >= 0.3 is 0 Å². The van der Waals surface area contributed by atoms with Crippen LogP contribution in [0.3, 0.4) is 0 Å². The molecule has 0 spiro atoms. The molecule has 1 N–H and O–H groups in total. The van der Waals surface area contributed by atoms with Crippen LogP contribution in [0.5, 0.6) is 0 Å². The van der Waals surface area contributed by atoms with Gasteiger partial charge in [-0.2, -0.15) is 0 Å². The standard InChI is InChI=1S/C12H8BrF2N3O3/c1-17-5-6(13)4-9(17)12(19)16-11-8(18(20)21)3-2-7(14)10(11)15/h2-5H,1H3,(H,16,19). The van der Waals surface area contributed by atoms with Gasteiger partial charge in [0.1, 0.15) is 5.69 Å². The van der Waals surface area contributed by atoms with Crippen LogP contribution in [-0.2, 0) is 7.05 Å². The second-order valence-corrected chi connectivity index (χ2v) is 5.04. The van der Waals surface area contributed by atoms with Gasteiger partial charge < -0.3 is 9.88 Å². The molecule has 0 aliphatic heterocycles. The van der Waals surface area contributed by atoms with Crippen LogP contribution in [0.25, 0.3) is 0 Å². The molecule has 0 saturated carbocycles. The zero-order valence-corrected chi connectivity index (χ0v) is 12.1. The second kappa shape index (κ2) is 5.60. The molecule has 0 atom stereocenters. The highest BCUT2D eigenvalue weighted by atomic mass is 79.9. The summed E-state index contributed by atoms with van der Waals surface area (Å²) in [5, 5.41) is 12.9. The summed E-state index contributed by atoms with van der Waals surface area (Å²) >= 11 is 3.16. The molecule has 1 aromatic heterocycles. The first kappa shape index (κ1) is 15.1. The highest BCUT2D eigenvalue weighted by Crippen LogP contribution is 2.29. The van der Waals surface area contributed by atoms with Crippen molar-refractivity contribution in [2.24, 2.45) is 7.05 Å². The van der Waals surface area contributed by atoms with Crippen LogP contribution in [0.15, 0.2) is 28.9 Å². The quantitative estimate of drug-likeness (QED) is 0.675. The maximum absolute atomic E-state index is 13.7. The molecule has 2 rings (SSSR count). The Labute approximate surface area is 125 Å². The molecule has 2 aromatic rings. The van der Waals surface area contributed by atoms with E-state index in [2.05, 4.69) is 15.9 Å². The number of nitro benzene ring substituents is 1. The Morgan fingerprint density at radius 1 is 1.43 bits per heavy atom. The van der Waals surface area contributed by atoms with Gasteiger partial charge in [-0.3, -0.25) is 14.9 Å². The fourth-order valence-corrected chi connectivity index (χ4v) is 2.26. The van der Waals surface area contributed by atoms with Gasteiger partial charge in [-0.15, -0.1) is 0 Å². The molecular formula is C12H8BrF2N3O3. The van der Waals surface area contributed by atoms with Gasteiger partial charge in [0.05, 0.1) is 4.92 Å². The lowest BCUT2D eigenvalue weighted by molar-refractivity contribution is -0.384. The summed E-state index contributed by atoms with van der Waals surface area (Å²) in [4.78, 5) is 21.9. The van der Waals surface area contributed by atoms with Crippen LogP contribution in [-0.4, -0.2) is 15.4 Å². The molecule has 21 heavy (non-hydrogen) atoms. The van der Waals surface area contributed by atoms with Gasteiger partial charge in [0.2, 0.25) is 0 Å². The molecule has 0 unspecified atom stereocenters. The summed E-state index contributed by atoms with van der Waals surface area (Å²) in [5.41, 5.74) is -1.40. The third-order valence-electron chi connectivity index (χ3n) is 2.71. The van der Waals surface area contributed by atoms with Crippen LogP contribution in [0, 0.1) is 21.7 Å². The lowest BCUT2D eigenvalue weighted by atomic mass is 10.2. The van der Waals surface area contributed by atoms with Crippen molar-refractivity contribution < 1.29 is 18.5 Å². The molecule has 1 heterocycles. The number of rotatable bonds is 3. The Balaban J connectivity index is 2.44. The maximum atomic E-state index is 13.7. The number of carbonyl (C=O) groups is 1. The molecule has 0 aliphatic carbocycles. The molecule has 0 aliphatic rings. The molecular weight excluding hydrogens is 352 g/mol. The van der Waals surface area contributed by atoms with Crippen LogP contribution in [0.1, 0.15) is 10.5 Å². The number of aryl methyl sites for hydroxylation is 1. The van der Waals surface area contributed by atoms with Gasteiger partial charge in [0.15, 0.2) is 17.3 Å². The Hall–Kier alpha value is -2.29. The molecule has 6 nitrogen and oxygen atoms in total. The number of benzene rings is 1. The van der Waals surface area contributed by atoms with E-state index in [9.17, 15) is 23.7 Å². The third-order valence-corrected chi connectivity index (χ3v) is 3.15. The van der Waals surface area contributed by atoms with Gasteiger partial charge in [0.25, 0.3) is 11.6 Å². The van der Waals surface area contributed by atoms with Gasteiger partial charge in [-0.1, -0.05) is 0 Å². The highest BCUT2D eigenvalue weighted by Gasteiger charge is 2.24. The normalized spacial score (nSPS) is 10.5. The van der Waals surface area contributed by atoms with Gasteiger partial charge in [-0.05, 0) is 28.1 Å². The third kappa shape index (κ3) is 2.92. The number of halogens is 3. The fourth-order valence-electron chi connectivity index (χ4n) is 1.74. The van der Waals surface area contributed by atoms with E-state index in [1.165, 1.54) is 10.6 Å². The number of carbonyl (C=O) groups excluding carboxylic acids is 1. The van der Waals surface area contributed by atoms with Crippen LogP contribution >= 0.6 is 15.9 Å². The zero-order chi connectivity index (χ0) is 15.7. The number of hydrogen-bond acceptors (Lipinski definition) is 3. The molecule has 0 fully saturated rings. The largest absolute Gasteiger partial charge is 0.345 e. The smallest absolute Gasteiger partial charge is 0.296 e. The van der Waals surface area contributed by atoms with Crippen molar-refractivity contribution in [3.05, 3.63) is 56.3 Å². The zero-order valence-electron chi connectivity index (χ0n) is 10.6. The fraction of sp³-hybridized carbons (Fsp3) is 0.0833. The van der Waals surface area contributed by atoms with Gasteiger partial charge in [-0.25, -0.2) is 8.78 Å². The Bertz CT molecular complexity index is 746. The topological polar surface area (TPSA) is 77.2 Å². The average Bonchev–Trinajstić information content (AvgIpc) is 2.74. The van der Waals surface area contributed by atoms with Crippen LogP contribution in [0.4, 0.5) is 20.2 Å². The second-order valence-electron chi connectivity index (χ2n) is 4.12. The van der Waals surface area contributed by atoms with Crippen LogP contribution in [0.2, 0.25) is 0 Å². The summed E-state index contributed by atoms with van der Waals surface area (Å²) in [6.45, 7) is 0. The van der Waals surface area contributed by atoms with Gasteiger partial charge in [0, 0.05) is 23.8 Å². The summed E-state index contributed by atoms with van der Waals surface area (Å²) in [5.74, 6) is -3.56. The van der Waals surface area contributed by atoms with Crippen molar-refractivity contribution >= 4 is 33.2 Å². The Kier molecular flexibility index (Phi) is 4.03. The SMILES string of the molecule is Cn1cc(Br)cc1C(=O)Nc1c([N+](=O)[O-])ccc(F)c1F. The minimum Gasteiger partial charge on any atom is -0.345 e. The van der Waals surface area contributed by atoms with Crippen molar-refractivity contribution in [2.75, 3.05) is 5.32 Å². The number of anilines is 1. The molecule has 0 bridgehead atoms. The maximum Gasteiger partial charge on any atom is 0.296 e. The lowest BCUT2D eigenvalue weighted by Gasteiger charge is -2.08. The molecule has 0 radical (unpaired) electrons. The predicted molar refractivity (Wildman–Crippen MR) is 74.1 cm³/mol. The van der Waals surface area contributed by atoms with E-state index in [1.807, 2.05) is 5.32 Å². The van der Waals surface area contributed by atoms with Crippen molar-refractivity contribution in [1.82, 2.24) is 4.57 Å². The number of nitrogens with zero attached hydrogens (tertiary/aromatic N) is 2. The summed E-state index contributed by atoms with van der Waals surface area (Å²) in [7, 11) is 1.57. The average molecular weight is 360 g/mol. The molecule has 1 aromatic carbocycles. The first-order valence-electron chi connectivity index (χ1n) is 5.57. The highest BCUT2D eigenvalue weighted by molar-refractivity contribution is 9.10. The Morgan fingerprint density at radius 3 is 2.62 bits per heavy atom. The summed E-state index contributed by atoms with van der Waals surface area (Å²) < 4.78 is 28.9.